The topological polar surface area (TPSA) is 126 Å². The van der Waals surface area contributed by atoms with Crippen molar-refractivity contribution in [1.29, 1.82) is 0 Å². The van der Waals surface area contributed by atoms with Crippen LogP contribution in [0, 0.1) is 0 Å². The van der Waals surface area contributed by atoms with Crippen molar-refractivity contribution in [2.75, 3.05) is 6.61 Å². The molecule has 0 saturated heterocycles. The molecule has 2 heterocycles. The van der Waals surface area contributed by atoms with Crippen molar-refractivity contribution in [2.24, 2.45) is 0 Å². The van der Waals surface area contributed by atoms with Gasteiger partial charge in [-0.1, -0.05) is 0 Å². The lowest BCUT2D eigenvalue weighted by atomic mass is 10.3. The Morgan fingerprint density at radius 1 is 1.38 bits per heavy atom. The van der Waals surface area contributed by atoms with Crippen LogP contribution in [-0.4, -0.2) is 34.6 Å². The lowest BCUT2D eigenvalue weighted by Gasteiger charge is -2.04. The van der Waals surface area contributed by atoms with Crippen LogP contribution < -0.4 is 10.9 Å². The summed E-state index contributed by atoms with van der Waals surface area (Å²) in [5, 5.41) is 6.38. The van der Waals surface area contributed by atoms with Crippen LogP contribution in [0.3, 0.4) is 0 Å². The van der Waals surface area contributed by atoms with Crippen molar-refractivity contribution in [1.82, 2.24) is 21.0 Å². The molecule has 9 heteroatoms. The molecule has 0 unspecified atom stereocenters. The van der Waals surface area contributed by atoms with Gasteiger partial charge in [-0.05, 0) is 19.1 Å². The lowest BCUT2D eigenvalue weighted by molar-refractivity contribution is -0.154. The first-order chi connectivity index (χ1) is 10.1. The minimum Gasteiger partial charge on any atom is -0.463 e. The lowest BCUT2D eigenvalue weighted by Crippen LogP contribution is -2.45. The summed E-state index contributed by atoms with van der Waals surface area (Å²) in [5.74, 6) is -2.35. The fourth-order valence-electron chi connectivity index (χ4n) is 1.42. The smallest absolute Gasteiger partial charge is 0.398 e. The molecule has 21 heavy (non-hydrogen) atoms. The van der Waals surface area contributed by atoms with Crippen LogP contribution in [0.5, 0.6) is 0 Å². The number of ether oxygens (including phenoxy) is 1. The van der Waals surface area contributed by atoms with Gasteiger partial charge in [-0.3, -0.25) is 25.5 Å². The Morgan fingerprint density at radius 2 is 2.19 bits per heavy atom. The van der Waals surface area contributed by atoms with Crippen LogP contribution >= 0.6 is 0 Å². The van der Waals surface area contributed by atoms with Crippen molar-refractivity contribution in [3.8, 4) is 11.5 Å². The summed E-state index contributed by atoms with van der Waals surface area (Å²) in [6, 6.07) is 4.82. The fraction of sp³-hybridized carbons (Fsp3) is 0.167. The van der Waals surface area contributed by atoms with Crippen LogP contribution in [0.25, 0.3) is 11.5 Å². The van der Waals surface area contributed by atoms with Gasteiger partial charge in [-0.25, -0.2) is 4.79 Å². The highest BCUT2D eigenvalue weighted by Gasteiger charge is 2.17. The van der Waals surface area contributed by atoms with Crippen molar-refractivity contribution in [2.45, 2.75) is 6.92 Å². The zero-order valence-corrected chi connectivity index (χ0v) is 11.0. The number of carbonyl (C=O) groups excluding carboxylic acids is 3. The second kappa shape index (κ2) is 6.37. The van der Waals surface area contributed by atoms with E-state index >= 15 is 0 Å². The van der Waals surface area contributed by atoms with Crippen LogP contribution in [0.4, 0.5) is 0 Å². The molecule has 0 saturated carbocycles. The van der Waals surface area contributed by atoms with Gasteiger partial charge in [0.1, 0.15) is 5.69 Å². The highest BCUT2D eigenvalue weighted by molar-refractivity contribution is 6.32. The third kappa shape index (κ3) is 3.47. The molecule has 0 bridgehead atoms. The Morgan fingerprint density at radius 3 is 2.86 bits per heavy atom. The molecule has 0 atom stereocenters. The number of H-pyrrole nitrogens is 1. The van der Waals surface area contributed by atoms with Crippen LogP contribution in [0.1, 0.15) is 17.4 Å². The molecule has 3 N–H and O–H groups in total. The van der Waals surface area contributed by atoms with Crippen LogP contribution in [0.2, 0.25) is 0 Å². The minimum absolute atomic E-state index is 0.0190. The number of hydrogen-bond acceptors (Lipinski definition) is 6. The highest BCUT2D eigenvalue weighted by atomic mass is 16.5. The first-order valence-corrected chi connectivity index (χ1v) is 5.98. The van der Waals surface area contributed by atoms with Crippen LogP contribution in [-0.2, 0) is 14.3 Å². The minimum atomic E-state index is -1.09. The Bertz CT molecular complexity index is 646. The molecule has 110 valence electrons. The van der Waals surface area contributed by atoms with E-state index in [2.05, 4.69) is 14.9 Å². The Balaban J connectivity index is 1.92. The normalized spacial score (nSPS) is 9.95. The fourth-order valence-corrected chi connectivity index (χ4v) is 1.42. The number of furan rings is 1. The molecular weight excluding hydrogens is 280 g/mol. The van der Waals surface area contributed by atoms with Gasteiger partial charge in [-0.15, -0.1) is 0 Å². The zero-order chi connectivity index (χ0) is 15.2. The van der Waals surface area contributed by atoms with E-state index in [4.69, 9.17) is 4.42 Å². The van der Waals surface area contributed by atoms with E-state index in [1.807, 2.05) is 10.9 Å². The third-order valence-corrected chi connectivity index (χ3v) is 2.35. The van der Waals surface area contributed by atoms with Gasteiger partial charge in [0.2, 0.25) is 0 Å². The molecule has 2 rings (SSSR count). The molecule has 0 radical (unpaired) electrons. The molecule has 2 amide bonds. The maximum Gasteiger partial charge on any atom is 0.398 e. The first kappa shape index (κ1) is 14.3. The summed E-state index contributed by atoms with van der Waals surface area (Å²) in [4.78, 5) is 34.0. The predicted octanol–water partition coefficient (Wildman–Crippen LogP) is -0.00620. The molecule has 0 aliphatic heterocycles. The van der Waals surface area contributed by atoms with Crippen molar-refractivity contribution < 1.29 is 23.5 Å². The Hall–Kier alpha value is -3.10. The molecule has 0 fully saturated rings. The summed E-state index contributed by atoms with van der Waals surface area (Å²) in [6.45, 7) is 1.62. The van der Waals surface area contributed by atoms with E-state index in [-0.39, 0.29) is 12.3 Å². The predicted molar refractivity (Wildman–Crippen MR) is 68.5 cm³/mol. The van der Waals surface area contributed by atoms with E-state index < -0.39 is 17.8 Å². The number of hydrogen-bond donors (Lipinski definition) is 3. The molecule has 2 aromatic rings. The number of hydrazine groups is 1. The summed E-state index contributed by atoms with van der Waals surface area (Å²) < 4.78 is 9.59. The number of aromatic amines is 1. The molecule has 9 nitrogen and oxygen atoms in total. The number of nitrogens with zero attached hydrogens (tertiary/aromatic N) is 1. The van der Waals surface area contributed by atoms with Crippen molar-refractivity contribution in [3.63, 3.8) is 0 Å². The maximum absolute atomic E-state index is 11.7. The summed E-state index contributed by atoms with van der Waals surface area (Å²) in [6.07, 6.45) is 1.48. The number of nitrogens with one attached hydrogen (secondary N) is 3. The number of carbonyl (C=O) groups is 3. The van der Waals surface area contributed by atoms with E-state index in [0.717, 1.165) is 0 Å². The number of amides is 2. The molecule has 0 aromatic carbocycles. The summed E-state index contributed by atoms with van der Waals surface area (Å²) >= 11 is 0. The second-order valence-corrected chi connectivity index (χ2v) is 3.77. The van der Waals surface area contributed by atoms with Crippen molar-refractivity contribution >= 4 is 17.8 Å². The van der Waals surface area contributed by atoms with Gasteiger partial charge in [-0.2, -0.15) is 5.10 Å². The quantitative estimate of drug-likeness (QED) is 0.415. The van der Waals surface area contributed by atoms with E-state index in [0.29, 0.717) is 11.5 Å². The van der Waals surface area contributed by atoms with Gasteiger partial charge in [0, 0.05) is 6.07 Å². The molecule has 2 aromatic heterocycles. The number of aromatic nitrogens is 2. The third-order valence-electron chi connectivity index (χ3n) is 2.35. The first-order valence-electron chi connectivity index (χ1n) is 5.98. The summed E-state index contributed by atoms with van der Waals surface area (Å²) in [5.41, 5.74) is 4.48. The highest BCUT2D eigenvalue weighted by Crippen LogP contribution is 2.17. The molecule has 0 spiro atoms. The number of esters is 1. The Kier molecular flexibility index (Phi) is 4.34. The maximum atomic E-state index is 11.7. The van der Waals surface area contributed by atoms with Gasteiger partial charge in [0.15, 0.2) is 11.5 Å². The second-order valence-electron chi connectivity index (χ2n) is 3.77. The molecular formula is C12H12N4O5. The van der Waals surface area contributed by atoms with E-state index in [1.165, 1.54) is 12.3 Å². The van der Waals surface area contributed by atoms with Crippen LogP contribution in [0.15, 0.2) is 28.9 Å². The van der Waals surface area contributed by atoms with E-state index in [1.54, 1.807) is 19.1 Å². The molecule has 0 aliphatic rings. The summed E-state index contributed by atoms with van der Waals surface area (Å²) in [7, 11) is 0. The van der Waals surface area contributed by atoms with Gasteiger partial charge in [0.25, 0.3) is 5.91 Å². The molecule has 0 aliphatic carbocycles. The average Bonchev–Trinajstić information content (AvgIpc) is 3.14. The van der Waals surface area contributed by atoms with E-state index in [9.17, 15) is 14.4 Å². The number of rotatable bonds is 3. The van der Waals surface area contributed by atoms with Crippen molar-refractivity contribution in [3.05, 3.63) is 30.2 Å². The zero-order valence-electron chi connectivity index (χ0n) is 11.0. The Labute approximate surface area is 118 Å². The average molecular weight is 292 g/mol. The standard InChI is InChI=1S/C12H12N4O5/c1-2-20-12(19)11(18)16-15-10(17)8-6-7(13-14-8)9-4-3-5-21-9/h3-6H,2H2,1H3,(H,13,14)(H,15,17)(H,16,18). The SMILES string of the molecule is CCOC(=O)C(=O)NNC(=O)c1cc(-c2ccco2)[nH]n1. The van der Waals surface area contributed by atoms with Gasteiger partial charge in [0.05, 0.1) is 12.9 Å². The van der Waals surface area contributed by atoms with Gasteiger partial charge < -0.3 is 9.15 Å². The monoisotopic (exact) mass is 292 g/mol. The largest absolute Gasteiger partial charge is 0.463 e. The van der Waals surface area contributed by atoms with Gasteiger partial charge >= 0.3 is 11.9 Å².